The lowest BCUT2D eigenvalue weighted by Gasteiger charge is -2.13. The fraction of sp³-hybridized carbons (Fsp3) is 0.455. The summed E-state index contributed by atoms with van der Waals surface area (Å²) < 4.78 is 11.1. The summed E-state index contributed by atoms with van der Waals surface area (Å²) in [6.07, 6.45) is 3.02. The summed E-state index contributed by atoms with van der Waals surface area (Å²) in [5.41, 5.74) is 0.352. The molecule has 0 saturated heterocycles. The molecule has 0 aliphatic heterocycles. The van der Waals surface area contributed by atoms with Crippen molar-refractivity contribution in [2.45, 2.75) is 13.0 Å². The monoisotopic (exact) mass is 289 g/mol. The SMILES string of the molecule is CNc1cc(C(=O)NC(C)CS(C)=O)c(Cl)cn1. The highest BCUT2D eigenvalue weighted by molar-refractivity contribution is 7.84. The predicted molar refractivity (Wildman–Crippen MR) is 74.7 cm³/mol. The molecule has 18 heavy (non-hydrogen) atoms. The summed E-state index contributed by atoms with van der Waals surface area (Å²) in [5, 5.41) is 5.87. The van der Waals surface area contributed by atoms with Gasteiger partial charge in [0.05, 0.1) is 10.6 Å². The van der Waals surface area contributed by atoms with Crippen LogP contribution < -0.4 is 10.6 Å². The number of halogens is 1. The zero-order valence-corrected chi connectivity index (χ0v) is 12.1. The molecule has 0 aliphatic carbocycles. The molecule has 2 atom stereocenters. The van der Waals surface area contributed by atoms with Crippen molar-refractivity contribution in [1.29, 1.82) is 0 Å². The summed E-state index contributed by atoms with van der Waals surface area (Å²) in [6, 6.07) is 1.40. The highest BCUT2D eigenvalue weighted by Gasteiger charge is 2.14. The Morgan fingerprint density at radius 3 is 2.83 bits per heavy atom. The van der Waals surface area contributed by atoms with E-state index in [1.165, 1.54) is 6.20 Å². The minimum absolute atomic E-state index is 0.175. The number of anilines is 1. The Bertz CT molecular complexity index is 468. The molecule has 0 bridgehead atoms. The maximum absolute atomic E-state index is 12.0. The van der Waals surface area contributed by atoms with Gasteiger partial charge in [0.15, 0.2) is 0 Å². The number of hydrogen-bond acceptors (Lipinski definition) is 4. The van der Waals surface area contributed by atoms with Crippen molar-refractivity contribution in [3.8, 4) is 0 Å². The van der Waals surface area contributed by atoms with Crippen LogP contribution in [0.25, 0.3) is 0 Å². The molecule has 2 unspecified atom stereocenters. The first-order valence-corrected chi connectivity index (χ1v) is 7.48. The number of carbonyl (C=O) groups excluding carboxylic acids is 1. The van der Waals surface area contributed by atoms with Crippen molar-refractivity contribution < 1.29 is 9.00 Å². The second-order valence-electron chi connectivity index (χ2n) is 3.91. The Labute approximate surface area is 114 Å². The third kappa shape index (κ3) is 4.27. The van der Waals surface area contributed by atoms with Crippen LogP contribution in [-0.2, 0) is 10.8 Å². The second kappa shape index (κ2) is 6.70. The van der Waals surface area contributed by atoms with Crippen LogP contribution in [0, 0.1) is 0 Å². The van der Waals surface area contributed by atoms with Gasteiger partial charge in [0.2, 0.25) is 0 Å². The number of hydrogen-bond donors (Lipinski definition) is 2. The number of carbonyl (C=O) groups is 1. The van der Waals surface area contributed by atoms with Crippen molar-refractivity contribution in [3.63, 3.8) is 0 Å². The van der Waals surface area contributed by atoms with E-state index in [0.717, 1.165) is 0 Å². The van der Waals surface area contributed by atoms with E-state index in [4.69, 9.17) is 11.6 Å². The van der Waals surface area contributed by atoms with Gasteiger partial charge in [-0.3, -0.25) is 9.00 Å². The smallest absolute Gasteiger partial charge is 0.253 e. The summed E-state index contributed by atoms with van der Waals surface area (Å²) in [7, 11) is 0.757. The maximum Gasteiger partial charge on any atom is 0.253 e. The van der Waals surface area contributed by atoms with Gasteiger partial charge in [0, 0.05) is 42.1 Å². The third-order valence-electron chi connectivity index (χ3n) is 2.22. The van der Waals surface area contributed by atoms with Gasteiger partial charge in [0.25, 0.3) is 5.91 Å². The van der Waals surface area contributed by atoms with Crippen LogP contribution in [0.5, 0.6) is 0 Å². The van der Waals surface area contributed by atoms with Gasteiger partial charge in [-0.05, 0) is 13.0 Å². The maximum atomic E-state index is 12.0. The minimum Gasteiger partial charge on any atom is -0.373 e. The standard InChI is InChI=1S/C11H16ClN3O2S/c1-7(6-18(3)17)15-11(16)8-4-10(13-2)14-5-9(8)12/h4-5,7H,6H2,1-3H3,(H,13,14)(H,15,16). The number of aromatic nitrogens is 1. The van der Waals surface area contributed by atoms with Crippen molar-refractivity contribution in [1.82, 2.24) is 10.3 Å². The zero-order valence-electron chi connectivity index (χ0n) is 10.5. The summed E-state index contributed by atoms with van der Waals surface area (Å²) in [6.45, 7) is 1.80. The van der Waals surface area contributed by atoms with Crippen molar-refractivity contribution in [2.75, 3.05) is 24.4 Å². The highest BCUT2D eigenvalue weighted by atomic mass is 35.5. The second-order valence-corrected chi connectivity index (χ2v) is 5.80. The minimum atomic E-state index is -0.952. The average molecular weight is 290 g/mol. The quantitative estimate of drug-likeness (QED) is 0.856. The van der Waals surface area contributed by atoms with Crippen LogP contribution in [0.3, 0.4) is 0 Å². The van der Waals surface area contributed by atoms with E-state index >= 15 is 0 Å². The summed E-state index contributed by atoms with van der Waals surface area (Å²) in [5.74, 6) is 0.681. The fourth-order valence-corrected chi connectivity index (χ4v) is 2.42. The number of nitrogens with one attached hydrogen (secondary N) is 2. The molecule has 0 fully saturated rings. The van der Waals surface area contributed by atoms with E-state index in [0.29, 0.717) is 17.1 Å². The lowest BCUT2D eigenvalue weighted by Crippen LogP contribution is -2.36. The summed E-state index contributed by atoms with van der Waals surface area (Å²) >= 11 is 5.93. The van der Waals surface area contributed by atoms with Gasteiger partial charge < -0.3 is 10.6 Å². The molecule has 1 aromatic rings. The van der Waals surface area contributed by atoms with Crippen LogP contribution in [-0.4, -0.2) is 40.2 Å². The molecule has 5 nitrogen and oxygen atoms in total. The first kappa shape index (κ1) is 14.9. The molecule has 0 aromatic carbocycles. The van der Waals surface area contributed by atoms with Gasteiger partial charge in [-0.2, -0.15) is 0 Å². The van der Waals surface area contributed by atoms with Gasteiger partial charge >= 0.3 is 0 Å². The molecule has 1 rings (SSSR count). The van der Waals surface area contributed by atoms with Crippen LogP contribution >= 0.6 is 11.6 Å². The van der Waals surface area contributed by atoms with E-state index in [1.54, 1.807) is 26.3 Å². The molecular formula is C11H16ClN3O2S. The number of nitrogens with zero attached hydrogens (tertiary/aromatic N) is 1. The lowest BCUT2D eigenvalue weighted by molar-refractivity contribution is 0.0944. The number of amides is 1. The molecule has 7 heteroatoms. The predicted octanol–water partition coefficient (Wildman–Crippen LogP) is 1.27. The van der Waals surface area contributed by atoms with Gasteiger partial charge in [-0.1, -0.05) is 11.6 Å². The molecular weight excluding hydrogens is 274 g/mol. The fourth-order valence-electron chi connectivity index (χ4n) is 1.44. The van der Waals surface area contributed by atoms with Crippen molar-refractivity contribution in [2.24, 2.45) is 0 Å². The molecule has 2 N–H and O–H groups in total. The van der Waals surface area contributed by atoms with Crippen LogP contribution in [0.4, 0.5) is 5.82 Å². The number of pyridine rings is 1. The molecule has 0 spiro atoms. The molecule has 1 amide bonds. The van der Waals surface area contributed by atoms with E-state index in [-0.39, 0.29) is 17.0 Å². The summed E-state index contributed by atoms with van der Waals surface area (Å²) in [4.78, 5) is 16.0. The van der Waals surface area contributed by atoms with Crippen LogP contribution in [0.1, 0.15) is 17.3 Å². The Morgan fingerprint density at radius 2 is 2.28 bits per heavy atom. The van der Waals surface area contributed by atoms with Crippen molar-refractivity contribution >= 4 is 34.1 Å². The van der Waals surface area contributed by atoms with Crippen LogP contribution in [0.15, 0.2) is 12.3 Å². The van der Waals surface area contributed by atoms with Gasteiger partial charge in [-0.15, -0.1) is 0 Å². The van der Waals surface area contributed by atoms with E-state index in [1.807, 2.05) is 0 Å². The Morgan fingerprint density at radius 1 is 1.61 bits per heavy atom. The first-order chi connectivity index (χ1) is 8.43. The molecule has 0 radical (unpaired) electrons. The Hall–Kier alpha value is -1.14. The molecule has 1 heterocycles. The zero-order chi connectivity index (χ0) is 13.7. The average Bonchev–Trinajstić information content (AvgIpc) is 2.28. The molecule has 0 saturated carbocycles. The van der Waals surface area contributed by atoms with Crippen LogP contribution in [0.2, 0.25) is 5.02 Å². The lowest BCUT2D eigenvalue weighted by atomic mass is 10.2. The number of rotatable bonds is 5. The van der Waals surface area contributed by atoms with E-state index in [2.05, 4.69) is 15.6 Å². The van der Waals surface area contributed by atoms with Crippen molar-refractivity contribution in [3.05, 3.63) is 22.8 Å². The largest absolute Gasteiger partial charge is 0.373 e. The topological polar surface area (TPSA) is 71.1 Å². The molecule has 0 aliphatic rings. The first-order valence-electron chi connectivity index (χ1n) is 5.38. The molecule has 1 aromatic heterocycles. The third-order valence-corrected chi connectivity index (χ3v) is 3.49. The normalized spacial score (nSPS) is 13.8. The highest BCUT2D eigenvalue weighted by Crippen LogP contribution is 2.17. The van der Waals surface area contributed by atoms with Gasteiger partial charge in [0.1, 0.15) is 5.82 Å². The Kier molecular flexibility index (Phi) is 5.55. The van der Waals surface area contributed by atoms with Gasteiger partial charge in [-0.25, -0.2) is 4.98 Å². The molecule has 100 valence electrons. The van der Waals surface area contributed by atoms with E-state index in [9.17, 15) is 9.00 Å². The Balaban J connectivity index is 2.80. The van der Waals surface area contributed by atoms with E-state index < -0.39 is 10.8 Å².